The van der Waals surface area contributed by atoms with Crippen molar-refractivity contribution < 1.29 is 4.74 Å². The van der Waals surface area contributed by atoms with Crippen molar-refractivity contribution in [1.82, 2.24) is 14.9 Å². The molecule has 5 heteroatoms. The van der Waals surface area contributed by atoms with Gasteiger partial charge in [0.2, 0.25) is 0 Å². The maximum absolute atomic E-state index is 5.52. The molecule has 20 heavy (non-hydrogen) atoms. The number of rotatable bonds is 6. The molecule has 0 saturated carbocycles. The van der Waals surface area contributed by atoms with Crippen LogP contribution in [0.25, 0.3) is 0 Å². The molecule has 1 N–H and O–H groups in total. The Kier molecular flexibility index (Phi) is 5.20. The molecule has 0 bridgehead atoms. The summed E-state index contributed by atoms with van der Waals surface area (Å²) in [5, 5.41) is 3.54. The Morgan fingerprint density at radius 2 is 2.25 bits per heavy atom. The standard InChI is InChI=1S/C15H20BrN3O/c1-4-7-17-14(15-18-8-9-19(15)2)12-6-5-11(16)10-13(12)20-3/h5-6,8-10,14,17H,4,7H2,1-3H3. The van der Waals surface area contributed by atoms with Crippen LogP contribution in [0, 0.1) is 0 Å². The van der Waals surface area contributed by atoms with E-state index >= 15 is 0 Å². The van der Waals surface area contributed by atoms with Crippen molar-refractivity contribution in [2.45, 2.75) is 19.4 Å². The number of ether oxygens (including phenoxy) is 1. The first-order valence-corrected chi connectivity index (χ1v) is 7.50. The second-order valence-corrected chi connectivity index (χ2v) is 5.59. The molecule has 0 spiro atoms. The van der Waals surface area contributed by atoms with Gasteiger partial charge in [0.1, 0.15) is 11.6 Å². The van der Waals surface area contributed by atoms with Gasteiger partial charge in [0.25, 0.3) is 0 Å². The molecular weight excluding hydrogens is 318 g/mol. The average molecular weight is 338 g/mol. The highest BCUT2D eigenvalue weighted by molar-refractivity contribution is 9.10. The zero-order valence-electron chi connectivity index (χ0n) is 12.1. The van der Waals surface area contributed by atoms with Gasteiger partial charge in [-0.05, 0) is 25.1 Å². The Morgan fingerprint density at radius 3 is 2.85 bits per heavy atom. The quantitative estimate of drug-likeness (QED) is 0.879. The van der Waals surface area contributed by atoms with Crippen LogP contribution in [0.4, 0.5) is 0 Å². The van der Waals surface area contributed by atoms with Crippen LogP contribution in [0.3, 0.4) is 0 Å². The number of aromatic nitrogens is 2. The third-order valence-electron chi connectivity index (χ3n) is 3.22. The topological polar surface area (TPSA) is 39.1 Å². The van der Waals surface area contributed by atoms with Gasteiger partial charge >= 0.3 is 0 Å². The summed E-state index contributed by atoms with van der Waals surface area (Å²) in [7, 11) is 3.70. The van der Waals surface area contributed by atoms with Crippen molar-refractivity contribution in [2.24, 2.45) is 7.05 Å². The number of benzene rings is 1. The van der Waals surface area contributed by atoms with E-state index in [0.717, 1.165) is 34.6 Å². The second-order valence-electron chi connectivity index (χ2n) is 4.67. The van der Waals surface area contributed by atoms with Gasteiger partial charge in [0, 0.05) is 29.5 Å². The summed E-state index contributed by atoms with van der Waals surface area (Å²) >= 11 is 3.48. The first-order chi connectivity index (χ1) is 9.67. The van der Waals surface area contributed by atoms with Crippen molar-refractivity contribution in [1.29, 1.82) is 0 Å². The third kappa shape index (κ3) is 3.22. The fourth-order valence-corrected chi connectivity index (χ4v) is 2.55. The maximum atomic E-state index is 5.52. The Balaban J connectivity index is 2.43. The van der Waals surface area contributed by atoms with Gasteiger partial charge in [0.15, 0.2) is 0 Å². The van der Waals surface area contributed by atoms with Gasteiger partial charge in [0.05, 0.1) is 13.2 Å². The van der Waals surface area contributed by atoms with Crippen molar-refractivity contribution in [3.8, 4) is 5.75 Å². The van der Waals surface area contributed by atoms with E-state index < -0.39 is 0 Å². The highest BCUT2D eigenvalue weighted by atomic mass is 79.9. The van der Waals surface area contributed by atoms with Crippen LogP contribution in [-0.4, -0.2) is 23.2 Å². The Bertz CT molecular complexity index is 568. The molecule has 0 saturated heterocycles. The summed E-state index contributed by atoms with van der Waals surface area (Å²) in [4.78, 5) is 4.48. The lowest BCUT2D eigenvalue weighted by molar-refractivity contribution is 0.401. The van der Waals surface area contributed by atoms with E-state index in [9.17, 15) is 0 Å². The average Bonchev–Trinajstić information content (AvgIpc) is 2.86. The van der Waals surface area contributed by atoms with Crippen LogP contribution in [-0.2, 0) is 7.05 Å². The van der Waals surface area contributed by atoms with E-state index in [-0.39, 0.29) is 6.04 Å². The van der Waals surface area contributed by atoms with E-state index in [1.807, 2.05) is 36.1 Å². The molecule has 2 rings (SSSR count). The highest BCUT2D eigenvalue weighted by Gasteiger charge is 2.21. The number of hydrogen-bond donors (Lipinski definition) is 1. The summed E-state index contributed by atoms with van der Waals surface area (Å²) in [5.41, 5.74) is 1.10. The second kappa shape index (κ2) is 6.90. The minimum Gasteiger partial charge on any atom is -0.496 e. The molecule has 0 aliphatic carbocycles. The zero-order valence-corrected chi connectivity index (χ0v) is 13.6. The molecule has 0 aliphatic heterocycles. The predicted octanol–water partition coefficient (Wildman–Crippen LogP) is 3.28. The molecule has 108 valence electrons. The molecule has 1 aromatic heterocycles. The number of hydrogen-bond acceptors (Lipinski definition) is 3. The minimum absolute atomic E-state index is 0.0259. The van der Waals surface area contributed by atoms with Crippen molar-refractivity contribution >= 4 is 15.9 Å². The first kappa shape index (κ1) is 15.1. The van der Waals surface area contributed by atoms with E-state index in [0.29, 0.717) is 0 Å². The van der Waals surface area contributed by atoms with Crippen LogP contribution >= 0.6 is 15.9 Å². The normalized spacial score (nSPS) is 12.4. The Morgan fingerprint density at radius 1 is 1.45 bits per heavy atom. The Labute approximate surface area is 128 Å². The molecule has 1 unspecified atom stereocenters. The molecule has 1 atom stereocenters. The van der Waals surface area contributed by atoms with Gasteiger partial charge in [-0.1, -0.05) is 28.9 Å². The molecule has 2 aromatic rings. The molecule has 0 amide bonds. The maximum Gasteiger partial charge on any atom is 0.130 e. The fraction of sp³-hybridized carbons (Fsp3) is 0.400. The number of imidazole rings is 1. The number of nitrogens with one attached hydrogen (secondary N) is 1. The summed E-state index contributed by atoms with van der Waals surface area (Å²) in [6, 6.07) is 6.11. The van der Waals surface area contributed by atoms with Gasteiger partial charge in [-0.15, -0.1) is 0 Å². The van der Waals surface area contributed by atoms with E-state index in [1.54, 1.807) is 7.11 Å². The van der Waals surface area contributed by atoms with Gasteiger partial charge < -0.3 is 14.6 Å². The summed E-state index contributed by atoms with van der Waals surface area (Å²) in [6.07, 6.45) is 4.85. The number of aryl methyl sites for hydroxylation is 1. The predicted molar refractivity (Wildman–Crippen MR) is 84.0 cm³/mol. The highest BCUT2D eigenvalue weighted by Crippen LogP contribution is 2.31. The summed E-state index contributed by atoms with van der Waals surface area (Å²) < 4.78 is 8.56. The van der Waals surface area contributed by atoms with E-state index in [4.69, 9.17) is 4.74 Å². The molecular formula is C15H20BrN3O. The van der Waals surface area contributed by atoms with Crippen LogP contribution in [0.5, 0.6) is 5.75 Å². The summed E-state index contributed by atoms with van der Waals surface area (Å²) in [6.45, 7) is 3.08. The molecule has 1 aromatic carbocycles. The molecule has 0 aliphatic rings. The molecule has 0 radical (unpaired) electrons. The van der Waals surface area contributed by atoms with Crippen LogP contribution in [0.1, 0.15) is 30.8 Å². The van der Waals surface area contributed by atoms with Crippen LogP contribution in [0.15, 0.2) is 35.1 Å². The smallest absolute Gasteiger partial charge is 0.130 e. The van der Waals surface area contributed by atoms with Gasteiger partial charge in [-0.3, -0.25) is 0 Å². The minimum atomic E-state index is 0.0259. The molecule has 4 nitrogen and oxygen atoms in total. The largest absolute Gasteiger partial charge is 0.496 e. The Hall–Kier alpha value is -1.33. The van der Waals surface area contributed by atoms with Crippen molar-refractivity contribution in [3.05, 3.63) is 46.5 Å². The first-order valence-electron chi connectivity index (χ1n) is 6.71. The van der Waals surface area contributed by atoms with E-state index in [2.05, 4.69) is 39.2 Å². The van der Waals surface area contributed by atoms with Crippen LogP contribution < -0.4 is 10.1 Å². The molecule has 1 heterocycles. The fourth-order valence-electron chi connectivity index (χ4n) is 2.21. The van der Waals surface area contributed by atoms with Crippen molar-refractivity contribution in [3.63, 3.8) is 0 Å². The van der Waals surface area contributed by atoms with Gasteiger partial charge in [-0.25, -0.2) is 4.98 Å². The lowest BCUT2D eigenvalue weighted by Crippen LogP contribution is -2.26. The number of halogens is 1. The van der Waals surface area contributed by atoms with Gasteiger partial charge in [-0.2, -0.15) is 0 Å². The third-order valence-corrected chi connectivity index (χ3v) is 3.71. The number of methoxy groups -OCH3 is 1. The zero-order chi connectivity index (χ0) is 14.5. The lowest BCUT2D eigenvalue weighted by atomic mass is 10.0. The van der Waals surface area contributed by atoms with Crippen molar-refractivity contribution in [2.75, 3.05) is 13.7 Å². The lowest BCUT2D eigenvalue weighted by Gasteiger charge is -2.21. The van der Waals surface area contributed by atoms with Crippen LogP contribution in [0.2, 0.25) is 0 Å². The van der Waals surface area contributed by atoms with E-state index in [1.165, 1.54) is 0 Å². The molecule has 0 fully saturated rings. The summed E-state index contributed by atoms with van der Waals surface area (Å²) in [5.74, 6) is 1.84. The number of nitrogens with zero attached hydrogens (tertiary/aromatic N) is 2. The monoisotopic (exact) mass is 337 g/mol. The SMILES string of the molecule is CCCNC(c1ccc(Br)cc1OC)c1nccn1C.